The summed E-state index contributed by atoms with van der Waals surface area (Å²) in [5.41, 5.74) is 2.77. The van der Waals surface area contributed by atoms with Crippen molar-refractivity contribution in [1.82, 2.24) is 10.3 Å². The molecule has 1 aromatic carbocycles. The molecule has 0 spiro atoms. The lowest BCUT2D eigenvalue weighted by atomic mass is 10.1. The standard InChI is InChI=1S/C14H17ClN2O2/c1-10-12(4-3-5-13(10)15)14-17-11(9-19-14)8-16-6-7-18-2/h3-5,9,16H,6-8H2,1-2H3. The summed E-state index contributed by atoms with van der Waals surface area (Å²) in [6, 6.07) is 5.71. The number of nitrogens with zero attached hydrogens (tertiary/aromatic N) is 1. The lowest BCUT2D eigenvalue weighted by molar-refractivity contribution is 0.199. The van der Waals surface area contributed by atoms with Crippen LogP contribution < -0.4 is 5.32 Å². The first-order chi connectivity index (χ1) is 9.22. The molecule has 0 saturated carbocycles. The Kier molecular flexibility index (Phi) is 4.96. The number of hydrogen-bond donors (Lipinski definition) is 1. The molecule has 1 aromatic heterocycles. The molecule has 5 heteroatoms. The van der Waals surface area contributed by atoms with Gasteiger partial charge in [0.25, 0.3) is 0 Å². The van der Waals surface area contributed by atoms with Crippen LogP contribution in [-0.2, 0) is 11.3 Å². The molecular formula is C14H17ClN2O2. The van der Waals surface area contributed by atoms with Crippen LogP contribution in [0.1, 0.15) is 11.3 Å². The maximum atomic E-state index is 6.09. The second-order valence-corrected chi connectivity index (χ2v) is 4.63. The van der Waals surface area contributed by atoms with Crippen LogP contribution in [0.3, 0.4) is 0 Å². The molecule has 0 radical (unpaired) electrons. The first-order valence-electron chi connectivity index (χ1n) is 6.12. The van der Waals surface area contributed by atoms with Gasteiger partial charge in [-0.1, -0.05) is 17.7 Å². The fourth-order valence-electron chi connectivity index (χ4n) is 1.74. The number of nitrogens with one attached hydrogen (secondary N) is 1. The average Bonchev–Trinajstić information content (AvgIpc) is 2.87. The fourth-order valence-corrected chi connectivity index (χ4v) is 1.92. The van der Waals surface area contributed by atoms with E-state index in [0.29, 0.717) is 19.0 Å². The Labute approximate surface area is 117 Å². The average molecular weight is 281 g/mol. The summed E-state index contributed by atoms with van der Waals surface area (Å²) in [5, 5.41) is 3.94. The van der Waals surface area contributed by atoms with E-state index >= 15 is 0 Å². The molecule has 0 fully saturated rings. The first kappa shape index (κ1) is 14.1. The molecule has 0 saturated heterocycles. The third-order valence-electron chi connectivity index (χ3n) is 2.84. The molecule has 0 aliphatic rings. The van der Waals surface area contributed by atoms with Crippen LogP contribution in [0.2, 0.25) is 5.02 Å². The van der Waals surface area contributed by atoms with Gasteiger partial charge in [0, 0.05) is 30.8 Å². The van der Waals surface area contributed by atoms with Gasteiger partial charge in [-0.3, -0.25) is 0 Å². The molecule has 1 N–H and O–H groups in total. The van der Waals surface area contributed by atoms with Crippen molar-refractivity contribution in [2.45, 2.75) is 13.5 Å². The highest BCUT2D eigenvalue weighted by molar-refractivity contribution is 6.31. The Morgan fingerprint density at radius 2 is 2.26 bits per heavy atom. The summed E-state index contributed by atoms with van der Waals surface area (Å²) in [5.74, 6) is 0.601. The molecule has 0 unspecified atom stereocenters. The van der Waals surface area contributed by atoms with Gasteiger partial charge < -0.3 is 14.5 Å². The maximum absolute atomic E-state index is 6.09. The molecule has 102 valence electrons. The summed E-state index contributed by atoms with van der Waals surface area (Å²) in [7, 11) is 1.68. The second-order valence-electron chi connectivity index (χ2n) is 4.23. The molecule has 0 aliphatic heterocycles. The van der Waals surface area contributed by atoms with Crippen LogP contribution >= 0.6 is 11.6 Å². The summed E-state index contributed by atoms with van der Waals surface area (Å²) < 4.78 is 10.5. The van der Waals surface area contributed by atoms with Gasteiger partial charge in [-0.15, -0.1) is 0 Å². The van der Waals surface area contributed by atoms with Crippen LogP contribution in [-0.4, -0.2) is 25.2 Å². The van der Waals surface area contributed by atoms with E-state index in [9.17, 15) is 0 Å². The van der Waals surface area contributed by atoms with Crippen molar-refractivity contribution in [2.75, 3.05) is 20.3 Å². The minimum atomic E-state index is 0.601. The van der Waals surface area contributed by atoms with Gasteiger partial charge in [0.2, 0.25) is 5.89 Å². The van der Waals surface area contributed by atoms with Crippen molar-refractivity contribution in [3.05, 3.63) is 40.7 Å². The van der Waals surface area contributed by atoms with E-state index in [-0.39, 0.29) is 0 Å². The predicted molar refractivity (Wildman–Crippen MR) is 75.3 cm³/mol. The van der Waals surface area contributed by atoms with E-state index in [2.05, 4.69) is 10.3 Å². The summed E-state index contributed by atoms with van der Waals surface area (Å²) in [6.45, 7) is 4.08. The number of oxazole rings is 1. The minimum Gasteiger partial charge on any atom is -0.444 e. The van der Waals surface area contributed by atoms with E-state index in [1.807, 2.05) is 25.1 Å². The molecular weight excluding hydrogens is 264 g/mol. The molecule has 0 amide bonds. The lowest BCUT2D eigenvalue weighted by Crippen LogP contribution is -2.18. The van der Waals surface area contributed by atoms with E-state index in [1.54, 1.807) is 13.4 Å². The summed E-state index contributed by atoms with van der Waals surface area (Å²) in [4.78, 5) is 4.45. The minimum absolute atomic E-state index is 0.601. The highest BCUT2D eigenvalue weighted by Gasteiger charge is 2.10. The zero-order chi connectivity index (χ0) is 13.7. The lowest BCUT2D eigenvalue weighted by Gasteiger charge is -2.02. The van der Waals surface area contributed by atoms with Crippen molar-refractivity contribution in [3.8, 4) is 11.5 Å². The molecule has 0 aliphatic carbocycles. The molecule has 4 nitrogen and oxygen atoms in total. The Balaban J connectivity index is 2.06. The van der Waals surface area contributed by atoms with Gasteiger partial charge >= 0.3 is 0 Å². The quantitative estimate of drug-likeness (QED) is 0.826. The maximum Gasteiger partial charge on any atom is 0.226 e. The predicted octanol–water partition coefficient (Wildman–Crippen LogP) is 3.04. The van der Waals surface area contributed by atoms with E-state index in [1.165, 1.54) is 0 Å². The van der Waals surface area contributed by atoms with Crippen LogP contribution in [0.25, 0.3) is 11.5 Å². The highest BCUT2D eigenvalue weighted by Crippen LogP contribution is 2.27. The van der Waals surface area contributed by atoms with E-state index in [0.717, 1.165) is 28.4 Å². The SMILES string of the molecule is COCCNCc1coc(-c2cccc(Cl)c2C)n1. The third kappa shape index (κ3) is 3.56. The number of methoxy groups -OCH3 is 1. The summed E-state index contributed by atoms with van der Waals surface area (Å²) in [6.07, 6.45) is 1.66. The molecule has 1 heterocycles. The number of ether oxygens (including phenoxy) is 1. The van der Waals surface area contributed by atoms with Gasteiger partial charge in [-0.2, -0.15) is 0 Å². The second kappa shape index (κ2) is 6.70. The number of aromatic nitrogens is 1. The van der Waals surface area contributed by atoms with Crippen LogP contribution in [0.15, 0.2) is 28.9 Å². The van der Waals surface area contributed by atoms with Crippen molar-refractivity contribution in [3.63, 3.8) is 0 Å². The van der Waals surface area contributed by atoms with Gasteiger partial charge in [0.05, 0.1) is 12.3 Å². The van der Waals surface area contributed by atoms with E-state index < -0.39 is 0 Å². The normalized spacial score (nSPS) is 10.9. The van der Waals surface area contributed by atoms with Crippen molar-refractivity contribution in [1.29, 1.82) is 0 Å². The Bertz CT molecular complexity index is 540. The monoisotopic (exact) mass is 280 g/mol. The van der Waals surface area contributed by atoms with Crippen LogP contribution in [0.4, 0.5) is 0 Å². The number of rotatable bonds is 6. The number of hydrogen-bond acceptors (Lipinski definition) is 4. The Morgan fingerprint density at radius 3 is 3.05 bits per heavy atom. The van der Waals surface area contributed by atoms with Gasteiger partial charge in [0.1, 0.15) is 6.26 Å². The molecule has 19 heavy (non-hydrogen) atoms. The van der Waals surface area contributed by atoms with Gasteiger partial charge in [-0.25, -0.2) is 4.98 Å². The molecule has 0 bridgehead atoms. The van der Waals surface area contributed by atoms with Crippen LogP contribution in [0, 0.1) is 6.92 Å². The summed E-state index contributed by atoms with van der Waals surface area (Å²) >= 11 is 6.09. The largest absolute Gasteiger partial charge is 0.444 e. The third-order valence-corrected chi connectivity index (χ3v) is 3.25. The molecule has 2 rings (SSSR count). The zero-order valence-corrected chi connectivity index (χ0v) is 11.8. The first-order valence-corrected chi connectivity index (χ1v) is 6.49. The fraction of sp³-hybridized carbons (Fsp3) is 0.357. The van der Waals surface area contributed by atoms with Gasteiger partial charge in [-0.05, 0) is 24.6 Å². The molecule has 0 atom stereocenters. The Hall–Kier alpha value is -1.36. The highest BCUT2D eigenvalue weighted by atomic mass is 35.5. The van der Waals surface area contributed by atoms with Crippen molar-refractivity contribution < 1.29 is 9.15 Å². The molecule has 2 aromatic rings. The van der Waals surface area contributed by atoms with Gasteiger partial charge in [0.15, 0.2) is 0 Å². The zero-order valence-electron chi connectivity index (χ0n) is 11.1. The van der Waals surface area contributed by atoms with Crippen molar-refractivity contribution in [2.24, 2.45) is 0 Å². The number of benzene rings is 1. The van der Waals surface area contributed by atoms with Crippen molar-refractivity contribution >= 4 is 11.6 Å². The Morgan fingerprint density at radius 1 is 1.42 bits per heavy atom. The topological polar surface area (TPSA) is 47.3 Å². The van der Waals surface area contributed by atoms with Crippen LogP contribution in [0.5, 0.6) is 0 Å². The smallest absolute Gasteiger partial charge is 0.226 e. The van der Waals surface area contributed by atoms with E-state index in [4.69, 9.17) is 20.8 Å². The number of halogens is 1.